The van der Waals surface area contributed by atoms with Gasteiger partial charge in [-0.3, -0.25) is 0 Å². The van der Waals surface area contributed by atoms with Gasteiger partial charge in [-0.15, -0.1) is 11.8 Å². The molecule has 2 N–H and O–H groups in total. The molecule has 15 heavy (non-hydrogen) atoms. The van der Waals surface area contributed by atoms with E-state index in [2.05, 4.69) is 4.98 Å². The van der Waals surface area contributed by atoms with E-state index >= 15 is 0 Å². The maximum Gasteiger partial charge on any atom is 0.115 e. The summed E-state index contributed by atoms with van der Waals surface area (Å²) in [6.45, 7) is 2.04. The summed E-state index contributed by atoms with van der Waals surface area (Å²) in [5.41, 5.74) is 5.67. The average molecular weight is 245 g/mol. The summed E-state index contributed by atoms with van der Waals surface area (Å²) in [7, 11) is 0. The molecule has 1 aromatic rings. The van der Waals surface area contributed by atoms with Gasteiger partial charge in [0.15, 0.2) is 0 Å². The molecule has 1 unspecified atom stereocenters. The smallest absolute Gasteiger partial charge is 0.115 e. The molecule has 0 spiro atoms. The van der Waals surface area contributed by atoms with Gasteiger partial charge in [-0.2, -0.15) is 0 Å². The summed E-state index contributed by atoms with van der Waals surface area (Å²) >= 11 is 7.70. The van der Waals surface area contributed by atoms with Crippen molar-refractivity contribution in [2.24, 2.45) is 5.73 Å². The van der Waals surface area contributed by atoms with Gasteiger partial charge in [0.1, 0.15) is 5.03 Å². The number of pyridine rings is 1. The standard InChI is InChI=1S/C11H17ClN2S/c1-9(13)5-2-3-8-15-11-10(12)6-4-7-14-11/h4,6-7,9H,2-3,5,8,13H2,1H3. The van der Waals surface area contributed by atoms with Crippen molar-refractivity contribution in [1.29, 1.82) is 0 Å². The third-order valence-corrected chi connectivity index (χ3v) is 3.53. The van der Waals surface area contributed by atoms with E-state index in [1.165, 1.54) is 12.8 Å². The van der Waals surface area contributed by atoms with Crippen LogP contribution in [0.5, 0.6) is 0 Å². The zero-order valence-corrected chi connectivity index (χ0v) is 10.5. The van der Waals surface area contributed by atoms with Crippen LogP contribution in [-0.2, 0) is 0 Å². The molecule has 0 aliphatic heterocycles. The van der Waals surface area contributed by atoms with Gasteiger partial charge >= 0.3 is 0 Å². The van der Waals surface area contributed by atoms with Crippen LogP contribution >= 0.6 is 23.4 Å². The van der Waals surface area contributed by atoms with Crippen LogP contribution in [0.1, 0.15) is 26.2 Å². The van der Waals surface area contributed by atoms with Gasteiger partial charge in [0.25, 0.3) is 0 Å². The van der Waals surface area contributed by atoms with Crippen LogP contribution in [0.3, 0.4) is 0 Å². The summed E-state index contributed by atoms with van der Waals surface area (Å²) in [5, 5.41) is 1.68. The zero-order chi connectivity index (χ0) is 11.1. The fourth-order valence-corrected chi connectivity index (χ4v) is 2.38. The van der Waals surface area contributed by atoms with Crippen LogP contribution < -0.4 is 5.73 Å². The van der Waals surface area contributed by atoms with Gasteiger partial charge < -0.3 is 5.73 Å². The van der Waals surface area contributed by atoms with Crippen LogP contribution in [0.25, 0.3) is 0 Å². The van der Waals surface area contributed by atoms with Crippen LogP contribution in [-0.4, -0.2) is 16.8 Å². The topological polar surface area (TPSA) is 38.9 Å². The minimum absolute atomic E-state index is 0.313. The van der Waals surface area contributed by atoms with E-state index in [9.17, 15) is 0 Å². The molecule has 0 saturated carbocycles. The number of rotatable bonds is 6. The van der Waals surface area contributed by atoms with Crippen molar-refractivity contribution >= 4 is 23.4 Å². The fourth-order valence-electron chi connectivity index (χ4n) is 1.21. The minimum Gasteiger partial charge on any atom is -0.328 e. The Morgan fingerprint density at radius 2 is 2.33 bits per heavy atom. The third kappa shape index (κ3) is 5.40. The number of nitrogens with zero attached hydrogens (tertiary/aromatic N) is 1. The SMILES string of the molecule is CC(N)CCCCSc1ncccc1Cl. The van der Waals surface area contributed by atoms with Crippen molar-refractivity contribution < 1.29 is 0 Å². The molecule has 0 amide bonds. The van der Waals surface area contributed by atoms with Gasteiger partial charge in [-0.05, 0) is 37.7 Å². The summed E-state index contributed by atoms with van der Waals surface area (Å²) < 4.78 is 0. The van der Waals surface area contributed by atoms with E-state index in [1.807, 2.05) is 19.1 Å². The summed E-state index contributed by atoms with van der Waals surface area (Å²) in [4.78, 5) is 4.22. The molecule has 0 bridgehead atoms. The van der Waals surface area contributed by atoms with E-state index < -0.39 is 0 Å². The van der Waals surface area contributed by atoms with Gasteiger partial charge in [-0.1, -0.05) is 18.0 Å². The Hall–Kier alpha value is -0.250. The predicted octanol–water partition coefficient (Wildman–Crippen LogP) is 3.34. The molecular formula is C11H17ClN2S. The van der Waals surface area contributed by atoms with E-state index in [0.717, 1.165) is 22.2 Å². The van der Waals surface area contributed by atoms with Crippen molar-refractivity contribution in [2.75, 3.05) is 5.75 Å². The van der Waals surface area contributed by atoms with Crippen molar-refractivity contribution in [3.8, 4) is 0 Å². The Morgan fingerprint density at radius 3 is 3.00 bits per heavy atom. The van der Waals surface area contributed by atoms with Crippen molar-refractivity contribution in [1.82, 2.24) is 4.98 Å². The highest BCUT2D eigenvalue weighted by Gasteiger charge is 2.01. The summed E-state index contributed by atoms with van der Waals surface area (Å²) in [6.07, 6.45) is 5.21. The molecule has 84 valence electrons. The number of hydrogen-bond acceptors (Lipinski definition) is 3. The maximum atomic E-state index is 5.98. The van der Waals surface area contributed by atoms with Crippen molar-refractivity contribution in [3.63, 3.8) is 0 Å². The van der Waals surface area contributed by atoms with Crippen LogP contribution in [0.2, 0.25) is 5.02 Å². The van der Waals surface area contributed by atoms with Gasteiger partial charge in [-0.25, -0.2) is 4.98 Å². The monoisotopic (exact) mass is 244 g/mol. The van der Waals surface area contributed by atoms with Crippen LogP contribution in [0.4, 0.5) is 0 Å². The Morgan fingerprint density at radius 1 is 1.53 bits per heavy atom. The number of thioether (sulfide) groups is 1. The molecule has 1 atom stereocenters. The van der Waals surface area contributed by atoms with Gasteiger partial charge in [0.05, 0.1) is 5.02 Å². The average Bonchev–Trinajstić information content (AvgIpc) is 2.20. The molecule has 2 nitrogen and oxygen atoms in total. The molecule has 0 saturated heterocycles. The number of unbranched alkanes of at least 4 members (excludes halogenated alkanes) is 1. The first kappa shape index (κ1) is 12.8. The molecule has 1 heterocycles. The number of nitrogens with two attached hydrogens (primary N) is 1. The second-order valence-electron chi connectivity index (χ2n) is 3.61. The molecule has 1 rings (SSSR count). The summed E-state index contributed by atoms with van der Waals surface area (Å²) in [5.74, 6) is 1.06. The predicted molar refractivity (Wildman–Crippen MR) is 67.5 cm³/mol. The lowest BCUT2D eigenvalue weighted by atomic mass is 10.2. The van der Waals surface area contributed by atoms with Crippen LogP contribution in [0, 0.1) is 0 Å². The number of aromatic nitrogens is 1. The van der Waals surface area contributed by atoms with Gasteiger partial charge in [0, 0.05) is 12.2 Å². The normalized spacial score (nSPS) is 12.7. The molecule has 0 aliphatic rings. The van der Waals surface area contributed by atoms with Crippen molar-refractivity contribution in [2.45, 2.75) is 37.3 Å². The molecular weight excluding hydrogens is 228 g/mol. The Bertz CT molecular complexity index is 292. The molecule has 0 fully saturated rings. The maximum absolute atomic E-state index is 5.98. The highest BCUT2D eigenvalue weighted by atomic mass is 35.5. The second-order valence-corrected chi connectivity index (χ2v) is 5.10. The molecule has 4 heteroatoms. The van der Waals surface area contributed by atoms with E-state index in [-0.39, 0.29) is 0 Å². The molecule has 0 aromatic carbocycles. The highest BCUT2D eigenvalue weighted by molar-refractivity contribution is 7.99. The first-order valence-corrected chi connectivity index (χ1v) is 6.55. The zero-order valence-electron chi connectivity index (χ0n) is 8.95. The van der Waals surface area contributed by atoms with Crippen LogP contribution in [0.15, 0.2) is 23.4 Å². The number of hydrogen-bond donors (Lipinski definition) is 1. The Labute approximate surface area is 101 Å². The van der Waals surface area contributed by atoms with E-state index in [1.54, 1.807) is 18.0 Å². The first-order valence-electron chi connectivity index (χ1n) is 5.19. The molecule has 0 aliphatic carbocycles. The third-order valence-electron chi connectivity index (χ3n) is 2.02. The van der Waals surface area contributed by atoms with E-state index in [4.69, 9.17) is 17.3 Å². The lowest BCUT2D eigenvalue weighted by Crippen LogP contribution is -2.14. The second kappa shape index (κ2) is 7.09. The highest BCUT2D eigenvalue weighted by Crippen LogP contribution is 2.24. The first-order chi connectivity index (χ1) is 7.20. The number of halogens is 1. The Kier molecular flexibility index (Phi) is 6.06. The fraction of sp³-hybridized carbons (Fsp3) is 0.545. The summed E-state index contributed by atoms with van der Waals surface area (Å²) in [6, 6.07) is 4.04. The lowest BCUT2D eigenvalue weighted by molar-refractivity contribution is 0.618. The minimum atomic E-state index is 0.313. The lowest BCUT2D eigenvalue weighted by Gasteiger charge is -2.04. The van der Waals surface area contributed by atoms with Crippen molar-refractivity contribution in [3.05, 3.63) is 23.4 Å². The van der Waals surface area contributed by atoms with Gasteiger partial charge in [0.2, 0.25) is 0 Å². The largest absolute Gasteiger partial charge is 0.328 e. The molecule has 0 radical (unpaired) electrons. The molecule has 1 aromatic heterocycles. The Balaban J connectivity index is 2.18. The van der Waals surface area contributed by atoms with E-state index in [0.29, 0.717) is 6.04 Å². The quantitative estimate of drug-likeness (QED) is 0.616.